The molecule has 1 amide bonds. The van der Waals surface area contributed by atoms with Crippen molar-refractivity contribution in [3.8, 4) is 0 Å². The minimum Gasteiger partial charge on any atom is -0.336 e. The number of rotatable bonds is 6. The Morgan fingerprint density at radius 2 is 1.80 bits per heavy atom. The number of carbonyl (C=O) groups excluding carboxylic acids is 1. The molecule has 30 heavy (non-hydrogen) atoms. The van der Waals surface area contributed by atoms with E-state index in [-0.39, 0.29) is 11.2 Å². The molecule has 1 aromatic heterocycles. The van der Waals surface area contributed by atoms with E-state index in [1.165, 1.54) is 27.2 Å². The molecule has 0 saturated heterocycles. The summed E-state index contributed by atoms with van der Waals surface area (Å²) in [6.07, 6.45) is 0.565. The first-order valence-corrected chi connectivity index (χ1v) is 10.6. The van der Waals surface area contributed by atoms with Crippen LogP contribution in [0.4, 0.5) is 5.69 Å². The van der Waals surface area contributed by atoms with Crippen LogP contribution in [0, 0.1) is 6.92 Å². The number of amides is 1. The van der Waals surface area contributed by atoms with Crippen LogP contribution < -0.4 is 11.2 Å². The van der Waals surface area contributed by atoms with Crippen molar-refractivity contribution in [3.63, 3.8) is 0 Å². The smallest absolute Gasteiger partial charge is 0.237 e. The number of hydrogen-bond donors (Lipinski definition) is 2. The fourth-order valence-corrected chi connectivity index (χ4v) is 4.01. The lowest BCUT2D eigenvalue weighted by Gasteiger charge is -2.12. The van der Waals surface area contributed by atoms with Crippen molar-refractivity contribution >= 4 is 34.1 Å². The summed E-state index contributed by atoms with van der Waals surface area (Å²) in [5, 5.41) is 13.9. The largest absolute Gasteiger partial charge is 0.336 e. The van der Waals surface area contributed by atoms with Crippen LogP contribution in [0.1, 0.15) is 23.9 Å². The van der Waals surface area contributed by atoms with Gasteiger partial charge in [-0.15, -0.1) is 10.2 Å². The van der Waals surface area contributed by atoms with Crippen molar-refractivity contribution in [2.24, 2.45) is 0 Å². The lowest BCUT2D eigenvalue weighted by atomic mass is 10.0. The van der Waals surface area contributed by atoms with Crippen molar-refractivity contribution in [1.29, 1.82) is 0 Å². The highest BCUT2D eigenvalue weighted by molar-refractivity contribution is 8.00. The Morgan fingerprint density at radius 3 is 2.60 bits per heavy atom. The monoisotopic (exact) mass is 417 g/mol. The number of aromatic nitrogens is 3. The van der Waals surface area contributed by atoms with Gasteiger partial charge < -0.3 is 11.2 Å². The molecular formula is C23H23N5OS. The standard InChI is InChI=1S/C23H23N5OS/c1-15-10-12-19(13-11-15)25-22(29)16(2)30-23-27-26-21(28(23)24)14-18-8-5-7-17-6-3-4-9-20(17)18/h3-13,16H,14,24H2,1-2H3,(H,25,29)/t16-/m1/s1. The van der Waals surface area contributed by atoms with Crippen LogP contribution in [-0.4, -0.2) is 26.0 Å². The molecule has 3 N–H and O–H groups in total. The number of nitrogens with zero attached hydrogens (tertiary/aromatic N) is 3. The number of fused-ring (bicyclic) bond motifs is 1. The third-order valence-electron chi connectivity index (χ3n) is 4.93. The van der Waals surface area contributed by atoms with Gasteiger partial charge in [0.15, 0.2) is 5.82 Å². The van der Waals surface area contributed by atoms with Crippen LogP contribution in [0.25, 0.3) is 10.8 Å². The number of carbonyl (C=O) groups is 1. The molecule has 4 rings (SSSR count). The third kappa shape index (κ3) is 4.31. The number of hydrogen-bond acceptors (Lipinski definition) is 5. The van der Waals surface area contributed by atoms with Crippen molar-refractivity contribution < 1.29 is 4.79 Å². The Morgan fingerprint density at radius 1 is 1.07 bits per heavy atom. The fraction of sp³-hybridized carbons (Fsp3) is 0.174. The average Bonchev–Trinajstić information content (AvgIpc) is 3.09. The van der Waals surface area contributed by atoms with Gasteiger partial charge in [-0.05, 0) is 42.3 Å². The van der Waals surface area contributed by atoms with E-state index in [2.05, 4.69) is 39.8 Å². The Kier molecular flexibility index (Phi) is 5.72. The molecule has 0 aliphatic rings. The molecule has 1 atom stereocenters. The summed E-state index contributed by atoms with van der Waals surface area (Å²) >= 11 is 1.29. The highest BCUT2D eigenvalue weighted by Gasteiger charge is 2.20. The summed E-state index contributed by atoms with van der Waals surface area (Å²) in [4.78, 5) is 12.5. The molecule has 0 aliphatic heterocycles. The van der Waals surface area contributed by atoms with Gasteiger partial charge in [-0.1, -0.05) is 71.9 Å². The number of nitrogen functional groups attached to an aromatic ring is 1. The van der Waals surface area contributed by atoms with E-state index in [0.29, 0.717) is 17.4 Å². The van der Waals surface area contributed by atoms with Gasteiger partial charge in [-0.2, -0.15) is 0 Å². The second-order valence-corrected chi connectivity index (χ2v) is 8.51. The van der Waals surface area contributed by atoms with Gasteiger partial charge >= 0.3 is 0 Å². The summed E-state index contributed by atoms with van der Waals surface area (Å²) in [6, 6.07) is 22.1. The summed E-state index contributed by atoms with van der Waals surface area (Å²) in [7, 11) is 0. The van der Waals surface area contributed by atoms with E-state index in [1.54, 1.807) is 0 Å². The Balaban J connectivity index is 1.46. The van der Waals surface area contributed by atoms with E-state index < -0.39 is 0 Å². The zero-order valence-electron chi connectivity index (χ0n) is 16.9. The zero-order valence-corrected chi connectivity index (χ0v) is 17.7. The molecule has 6 nitrogen and oxygen atoms in total. The SMILES string of the molecule is Cc1ccc(NC(=O)[C@@H](C)Sc2nnc(Cc3cccc4ccccc34)n2N)cc1. The van der Waals surface area contributed by atoms with Gasteiger partial charge in [0.05, 0.1) is 5.25 Å². The highest BCUT2D eigenvalue weighted by atomic mass is 32.2. The molecule has 7 heteroatoms. The second-order valence-electron chi connectivity index (χ2n) is 7.20. The summed E-state index contributed by atoms with van der Waals surface area (Å²) < 4.78 is 1.47. The topological polar surface area (TPSA) is 85.8 Å². The molecule has 0 unspecified atom stereocenters. The van der Waals surface area contributed by atoms with Crippen LogP contribution in [0.3, 0.4) is 0 Å². The Hall–Kier alpha value is -3.32. The van der Waals surface area contributed by atoms with Gasteiger partial charge in [0.2, 0.25) is 11.1 Å². The van der Waals surface area contributed by atoms with Crippen LogP contribution in [0.5, 0.6) is 0 Å². The predicted octanol–water partition coefficient (Wildman–Crippen LogP) is 4.16. The van der Waals surface area contributed by atoms with Gasteiger partial charge in [-0.3, -0.25) is 4.79 Å². The Labute approximate surface area is 179 Å². The van der Waals surface area contributed by atoms with E-state index in [4.69, 9.17) is 5.84 Å². The molecule has 0 radical (unpaired) electrons. The molecular weight excluding hydrogens is 394 g/mol. The lowest BCUT2D eigenvalue weighted by Crippen LogP contribution is -2.24. The van der Waals surface area contributed by atoms with Crippen molar-refractivity contribution in [2.75, 3.05) is 11.2 Å². The maximum absolute atomic E-state index is 12.5. The van der Waals surface area contributed by atoms with Crippen molar-refractivity contribution in [3.05, 3.63) is 83.7 Å². The van der Waals surface area contributed by atoms with Crippen LogP contribution in [-0.2, 0) is 11.2 Å². The third-order valence-corrected chi connectivity index (χ3v) is 5.99. The molecule has 0 fully saturated rings. The number of nitrogens with two attached hydrogens (primary N) is 1. The maximum atomic E-state index is 12.5. The van der Waals surface area contributed by atoms with Crippen molar-refractivity contribution in [2.45, 2.75) is 30.7 Å². The van der Waals surface area contributed by atoms with Crippen LogP contribution >= 0.6 is 11.8 Å². The highest BCUT2D eigenvalue weighted by Crippen LogP contribution is 2.25. The molecule has 152 valence electrons. The van der Waals surface area contributed by atoms with E-state index >= 15 is 0 Å². The molecule has 3 aromatic carbocycles. The zero-order chi connectivity index (χ0) is 21.1. The van der Waals surface area contributed by atoms with Gasteiger partial charge in [0.25, 0.3) is 0 Å². The first-order valence-electron chi connectivity index (χ1n) is 9.71. The van der Waals surface area contributed by atoms with Crippen LogP contribution in [0.2, 0.25) is 0 Å². The van der Waals surface area contributed by atoms with Gasteiger partial charge in [0.1, 0.15) is 0 Å². The van der Waals surface area contributed by atoms with Crippen molar-refractivity contribution in [1.82, 2.24) is 14.9 Å². The summed E-state index contributed by atoms with van der Waals surface area (Å²) in [5.41, 5.74) is 3.04. The minimum atomic E-state index is -0.372. The fourth-order valence-electron chi connectivity index (χ4n) is 3.22. The lowest BCUT2D eigenvalue weighted by molar-refractivity contribution is -0.115. The molecule has 0 spiro atoms. The summed E-state index contributed by atoms with van der Waals surface area (Å²) in [6.45, 7) is 3.83. The number of thioether (sulfide) groups is 1. The van der Waals surface area contributed by atoms with E-state index in [0.717, 1.165) is 16.8 Å². The number of benzene rings is 3. The minimum absolute atomic E-state index is 0.109. The molecule has 4 aromatic rings. The first kappa shape index (κ1) is 20.0. The molecule has 0 saturated carbocycles. The normalized spacial score (nSPS) is 12.1. The maximum Gasteiger partial charge on any atom is 0.237 e. The van der Waals surface area contributed by atoms with E-state index in [1.807, 2.05) is 56.3 Å². The summed E-state index contributed by atoms with van der Waals surface area (Å²) in [5.74, 6) is 6.80. The van der Waals surface area contributed by atoms with Crippen LogP contribution in [0.15, 0.2) is 71.9 Å². The second kappa shape index (κ2) is 8.59. The average molecular weight is 418 g/mol. The number of nitrogens with one attached hydrogen (secondary N) is 1. The number of aryl methyl sites for hydroxylation is 1. The Bertz CT molecular complexity index is 1180. The van der Waals surface area contributed by atoms with Gasteiger partial charge in [-0.25, -0.2) is 4.68 Å². The molecule has 1 heterocycles. The predicted molar refractivity (Wildman–Crippen MR) is 122 cm³/mol. The van der Waals surface area contributed by atoms with Gasteiger partial charge in [0, 0.05) is 12.1 Å². The first-order chi connectivity index (χ1) is 14.5. The number of anilines is 1. The quantitative estimate of drug-likeness (QED) is 0.363. The van der Waals surface area contributed by atoms with E-state index in [9.17, 15) is 4.79 Å². The molecule has 0 bridgehead atoms. The molecule has 0 aliphatic carbocycles.